The topological polar surface area (TPSA) is 24.9 Å². The van der Waals surface area contributed by atoms with Crippen LogP contribution in [0, 0.1) is 6.92 Å². The van der Waals surface area contributed by atoms with Crippen LogP contribution < -0.4 is 5.32 Å². The van der Waals surface area contributed by atoms with Gasteiger partial charge in [-0.15, -0.1) is 0 Å². The molecule has 0 fully saturated rings. The van der Waals surface area contributed by atoms with Gasteiger partial charge >= 0.3 is 0 Å². The molecule has 14 heavy (non-hydrogen) atoms. The van der Waals surface area contributed by atoms with Gasteiger partial charge in [-0.05, 0) is 37.6 Å². The number of rotatable bonds is 4. The highest BCUT2D eigenvalue weighted by Gasteiger charge is 1.96. The van der Waals surface area contributed by atoms with Gasteiger partial charge in [0, 0.05) is 18.9 Å². The average Bonchev–Trinajstić information content (AvgIpc) is 2.20. The Hall–Kier alpha value is -1.15. The second-order valence-corrected chi connectivity index (χ2v) is 3.42. The van der Waals surface area contributed by atoms with E-state index in [0.29, 0.717) is 0 Å². The molecule has 76 valence electrons. The minimum atomic E-state index is 0.949. The molecule has 1 aromatic rings. The zero-order valence-corrected chi connectivity index (χ0v) is 9.17. The first-order valence-electron chi connectivity index (χ1n) is 5.02. The molecule has 1 N–H and O–H groups in total. The number of hydrogen-bond acceptors (Lipinski definition) is 2. The Labute approximate surface area is 86.1 Å². The first-order chi connectivity index (χ1) is 6.77. The largest absolute Gasteiger partial charge is 0.316 e. The van der Waals surface area contributed by atoms with E-state index < -0.39 is 0 Å². The van der Waals surface area contributed by atoms with Crippen LogP contribution in [0.5, 0.6) is 0 Å². The molecule has 0 amide bonds. The fraction of sp³-hybridized carbons (Fsp3) is 0.417. The monoisotopic (exact) mass is 190 g/mol. The van der Waals surface area contributed by atoms with Gasteiger partial charge in [0.1, 0.15) is 0 Å². The molecule has 0 bridgehead atoms. The molecule has 1 aromatic heterocycles. The summed E-state index contributed by atoms with van der Waals surface area (Å²) in [7, 11) is 1.97. The number of hydrogen-bond donors (Lipinski definition) is 1. The van der Waals surface area contributed by atoms with Crippen molar-refractivity contribution in [1.82, 2.24) is 10.3 Å². The summed E-state index contributed by atoms with van der Waals surface area (Å²) in [5, 5.41) is 3.17. The summed E-state index contributed by atoms with van der Waals surface area (Å²) >= 11 is 0. The Morgan fingerprint density at radius 2 is 2.36 bits per heavy atom. The van der Waals surface area contributed by atoms with Crippen LogP contribution >= 0.6 is 0 Å². The fourth-order valence-electron chi connectivity index (χ4n) is 1.35. The molecule has 0 radical (unpaired) electrons. The van der Waals surface area contributed by atoms with Crippen molar-refractivity contribution >= 4 is 6.08 Å². The molecular weight excluding hydrogens is 172 g/mol. The SMILES string of the molecule is CC/C(=C/c1cnccc1C)CNC. The van der Waals surface area contributed by atoms with E-state index in [1.54, 1.807) is 0 Å². The van der Waals surface area contributed by atoms with E-state index in [1.165, 1.54) is 16.7 Å². The first-order valence-corrected chi connectivity index (χ1v) is 5.02. The zero-order valence-electron chi connectivity index (χ0n) is 9.17. The van der Waals surface area contributed by atoms with Crippen molar-refractivity contribution in [1.29, 1.82) is 0 Å². The average molecular weight is 190 g/mol. The molecule has 0 aliphatic heterocycles. The zero-order chi connectivity index (χ0) is 10.4. The van der Waals surface area contributed by atoms with Crippen molar-refractivity contribution < 1.29 is 0 Å². The molecule has 0 atom stereocenters. The summed E-state index contributed by atoms with van der Waals surface area (Å²) in [6, 6.07) is 2.04. The second-order valence-electron chi connectivity index (χ2n) is 3.42. The van der Waals surface area contributed by atoms with Crippen LogP contribution in [0.2, 0.25) is 0 Å². The van der Waals surface area contributed by atoms with E-state index in [4.69, 9.17) is 0 Å². The normalized spacial score (nSPS) is 11.8. The molecule has 0 saturated heterocycles. The first kappa shape index (κ1) is 10.9. The van der Waals surface area contributed by atoms with Gasteiger partial charge in [-0.3, -0.25) is 4.98 Å². The molecule has 1 rings (SSSR count). The molecule has 0 spiro atoms. The third kappa shape index (κ3) is 2.96. The van der Waals surface area contributed by atoms with Crippen molar-refractivity contribution in [3.8, 4) is 0 Å². The number of aryl methyl sites for hydroxylation is 1. The lowest BCUT2D eigenvalue weighted by Gasteiger charge is -2.05. The number of pyridine rings is 1. The Morgan fingerprint density at radius 3 is 2.93 bits per heavy atom. The van der Waals surface area contributed by atoms with Crippen LogP contribution in [0.1, 0.15) is 24.5 Å². The van der Waals surface area contributed by atoms with Gasteiger partial charge in [0.15, 0.2) is 0 Å². The van der Waals surface area contributed by atoms with E-state index >= 15 is 0 Å². The van der Waals surface area contributed by atoms with Crippen LogP contribution in [0.3, 0.4) is 0 Å². The quantitative estimate of drug-likeness (QED) is 0.788. The molecule has 0 unspecified atom stereocenters. The van der Waals surface area contributed by atoms with Gasteiger partial charge in [-0.1, -0.05) is 18.6 Å². The molecule has 2 nitrogen and oxygen atoms in total. The molecular formula is C12H18N2. The number of likely N-dealkylation sites (N-methyl/N-ethyl adjacent to an activating group) is 1. The number of nitrogens with zero attached hydrogens (tertiary/aromatic N) is 1. The highest BCUT2D eigenvalue weighted by atomic mass is 14.8. The lowest BCUT2D eigenvalue weighted by Crippen LogP contribution is -2.09. The lowest BCUT2D eigenvalue weighted by molar-refractivity contribution is 0.850. The van der Waals surface area contributed by atoms with E-state index in [0.717, 1.165) is 13.0 Å². The van der Waals surface area contributed by atoms with Crippen molar-refractivity contribution in [3.63, 3.8) is 0 Å². The van der Waals surface area contributed by atoms with Crippen molar-refractivity contribution in [2.24, 2.45) is 0 Å². The van der Waals surface area contributed by atoms with Crippen LogP contribution in [0.25, 0.3) is 6.08 Å². The van der Waals surface area contributed by atoms with Gasteiger partial charge in [0.2, 0.25) is 0 Å². The third-order valence-corrected chi connectivity index (χ3v) is 2.30. The standard InChI is InChI=1S/C12H18N2/c1-4-11(8-13-3)7-12-9-14-6-5-10(12)2/h5-7,9,13H,4,8H2,1-3H3/b11-7-. The highest BCUT2D eigenvalue weighted by molar-refractivity contribution is 5.55. The van der Waals surface area contributed by atoms with E-state index in [9.17, 15) is 0 Å². The Kier molecular flexibility index (Phi) is 4.33. The minimum absolute atomic E-state index is 0.949. The van der Waals surface area contributed by atoms with Crippen LogP contribution in [0.4, 0.5) is 0 Å². The predicted molar refractivity (Wildman–Crippen MR) is 61.2 cm³/mol. The molecule has 2 heteroatoms. The van der Waals surface area contributed by atoms with Gasteiger partial charge in [0.25, 0.3) is 0 Å². The van der Waals surface area contributed by atoms with Crippen LogP contribution in [-0.2, 0) is 0 Å². The maximum Gasteiger partial charge on any atom is 0.0342 e. The van der Waals surface area contributed by atoms with Crippen molar-refractivity contribution in [2.75, 3.05) is 13.6 Å². The number of aromatic nitrogens is 1. The van der Waals surface area contributed by atoms with Crippen LogP contribution in [0.15, 0.2) is 24.0 Å². The van der Waals surface area contributed by atoms with Gasteiger partial charge < -0.3 is 5.32 Å². The van der Waals surface area contributed by atoms with Crippen molar-refractivity contribution in [2.45, 2.75) is 20.3 Å². The summed E-state index contributed by atoms with van der Waals surface area (Å²) in [6.45, 7) is 5.24. The lowest BCUT2D eigenvalue weighted by atomic mass is 10.1. The molecule has 0 saturated carbocycles. The molecule has 0 aromatic carbocycles. The third-order valence-electron chi connectivity index (χ3n) is 2.30. The molecule has 0 aliphatic carbocycles. The summed E-state index contributed by atoms with van der Waals surface area (Å²) in [5.74, 6) is 0. The minimum Gasteiger partial charge on any atom is -0.316 e. The maximum absolute atomic E-state index is 4.13. The highest BCUT2D eigenvalue weighted by Crippen LogP contribution is 2.11. The fourth-order valence-corrected chi connectivity index (χ4v) is 1.35. The van der Waals surface area contributed by atoms with E-state index in [2.05, 4.69) is 30.2 Å². The van der Waals surface area contributed by atoms with Gasteiger partial charge in [-0.2, -0.15) is 0 Å². The maximum atomic E-state index is 4.13. The Bertz CT molecular complexity index is 316. The van der Waals surface area contributed by atoms with Crippen molar-refractivity contribution in [3.05, 3.63) is 35.2 Å². The number of nitrogens with one attached hydrogen (secondary N) is 1. The summed E-state index contributed by atoms with van der Waals surface area (Å²) in [5.41, 5.74) is 3.91. The Balaban J connectivity index is 2.88. The molecule has 1 heterocycles. The van der Waals surface area contributed by atoms with E-state index in [1.807, 2.05) is 25.5 Å². The van der Waals surface area contributed by atoms with Gasteiger partial charge in [0.05, 0.1) is 0 Å². The second kappa shape index (κ2) is 5.55. The smallest absolute Gasteiger partial charge is 0.0342 e. The summed E-state index contributed by atoms with van der Waals surface area (Å²) < 4.78 is 0. The van der Waals surface area contributed by atoms with Gasteiger partial charge in [-0.25, -0.2) is 0 Å². The summed E-state index contributed by atoms with van der Waals surface area (Å²) in [6.07, 6.45) is 7.05. The summed E-state index contributed by atoms with van der Waals surface area (Å²) in [4.78, 5) is 4.13. The molecule has 0 aliphatic rings. The predicted octanol–water partition coefficient (Wildman–Crippen LogP) is 2.40. The van der Waals surface area contributed by atoms with E-state index in [-0.39, 0.29) is 0 Å². The Morgan fingerprint density at radius 1 is 1.57 bits per heavy atom. The van der Waals surface area contributed by atoms with Crippen LogP contribution in [-0.4, -0.2) is 18.6 Å².